The lowest BCUT2D eigenvalue weighted by atomic mass is 10.1. The Morgan fingerprint density at radius 1 is 1.55 bits per heavy atom. The summed E-state index contributed by atoms with van der Waals surface area (Å²) in [6.45, 7) is 1.93. The molecule has 0 bridgehead atoms. The molecule has 1 heterocycles. The number of nitrogens with zero attached hydrogens (tertiary/aromatic N) is 2. The largest absolute Gasteiger partial charge is 0.317 e. The molecule has 11 heavy (non-hydrogen) atoms. The van der Waals surface area contributed by atoms with Crippen molar-refractivity contribution in [2.45, 2.75) is 13.0 Å². The van der Waals surface area contributed by atoms with Crippen molar-refractivity contribution < 1.29 is 0 Å². The molecular weight excluding hydrogens is 138 g/mol. The zero-order valence-corrected chi connectivity index (χ0v) is 6.28. The van der Waals surface area contributed by atoms with Crippen LogP contribution in [0.25, 0.3) is 0 Å². The van der Waals surface area contributed by atoms with Crippen molar-refractivity contribution in [2.24, 2.45) is 0 Å². The second kappa shape index (κ2) is 3.57. The van der Waals surface area contributed by atoms with Crippen LogP contribution < -0.4 is 5.32 Å². The van der Waals surface area contributed by atoms with E-state index in [0.29, 0.717) is 0 Å². The summed E-state index contributed by atoms with van der Waals surface area (Å²) in [6.07, 6.45) is 5.32. The molecule has 1 aromatic heterocycles. The fourth-order valence-corrected chi connectivity index (χ4v) is 0.832. The molecule has 0 aromatic carbocycles. The molecule has 1 atom stereocenters. The van der Waals surface area contributed by atoms with Gasteiger partial charge >= 0.3 is 0 Å². The molecule has 0 amide bonds. The minimum atomic E-state index is 0.0722. The van der Waals surface area contributed by atoms with Crippen LogP contribution in [-0.2, 0) is 0 Å². The number of aromatic nitrogens is 1. The number of hydrogen-bond donors (Lipinski definition) is 1. The van der Waals surface area contributed by atoms with Crippen molar-refractivity contribution in [3.05, 3.63) is 30.1 Å². The van der Waals surface area contributed by atoms with Gasteiger partial charge in [-0.2, -0.15) is 5.26 Å². The van der Waals surface area contributed by atoms with E-state index in [-0.39, 0.29) is 6.04 Å². The number of hydrogen-bond acceptors (Lipinski definition) is 3. The highest BCUT2D eigenvalue weighted by atomic mass is 14.9. The van der Waals surface area contributed by atoms with Crippen LogP contribution in [0.15, 0.2) is 24.5 Å². The molecule has 0 saturated heterocycles. The van der Waals surface area contributed by atoms with Gasteiger partial charge < -0.3 is 5.32 Å². The van der Waals surface area contributed by atoms with Crippen LogP contribution in [0.5, 0.6) is 0 Å². The molecule has 0 aliphatic rings. The molecule has 3 nitrogen and oxygen atoms in total. The van der Waals surface area contributed by atoms with E-state index in [2.05, 4.69) is 10.3 Å². The average Bonchev–Trinajstić information content (AvgIpc) is 2.07. The highest BCUT2D eigenvalue weighted by molar-refractivity contribution is 5.14. The standard InChI is InChI=1S/C8H9N3/c1-7(11-6-9)8-2-4-10-5-3-8/h2-5,7,11H,1H3/t7-/m1/s1. The van der Waals surface area contributed by atoms with Gasteiger partial charge in [0, 0.05) is 12.4 Å². The maximum absolute atomic E-state index is 8.32. The molecule has 0 spiro atoms. The highest BCUT2D eigenvalue weighted by Gasteiger charge is 2.00. The first kappa shape index (κ1) is 7.55. The van der Waals surface area contributed by atoms with Crippen molar-refractivity contribution in [3.8, 4) is 6.19 Å². The van der Waals surface area contributed by atoms with Crippen LogP contribution in [0.2, 0.25) is 0 Å². The second-order valence-electron chi connectivity index (χ2n) is 2.26. The smallest absolute Gasteiger partial charge is 0.177 e. The Kier molecular flexibility index (Phi) is 2.45. The molecule has 0 aliphatic carbocycles. The van der Waals surface area contributed by atoms with Crippen LogP contribution in [0.1, 0.15) is 18.5 Å². The van der Waals surface area contributed by atoms with Gasteiger partial charge in [0.15, 0.2) is 6.19 Å². The molecule has 0 fully saturated rings. The molecule has 1 aromatic rings. The highest BCUT2D eigenvalue weighted by Crippen LogP contribution is 2.08. The number of pyridine rings is 1. The molecule has 0 saturated carbocycles. The third-order valence-corrected chi connectivity index (χ3v) is 1.49. The van der Waals surface area contributed by atoms with Gasteiger partial charge in [0.05, 0.1) is 6.04 Å². The van der Waals surface area contributed by atoms with Crippen molar-refractivity contribution in [3.63, 3.8) is 0 Å². The zero-order valence-electron chi connectivity index (χ0n) is 6.28. The first-order chi connectivity index (χ1) is 5.34. The van der Waals surface area contributed by atoms with Gasteiger partial charge in [-0.3, -0.25) is 4.98 Å². The first-order valence-corrected chi connectivity index (χ1v) is 3.39. The Hall–Kier alpha value is -1.56. The molecule has 1 rings (SSSR count). The van der Waals surface area contributed by atoms with Crippen molar-refractivity contribution in [1.29, 1.82) is 5.26 Å². The Bertz CT molecular complexity index is 250. The van der Waals surface area contributed by atoms with Gasteiger partial charge in [-0.05, 0) is 24.6 Å². The normalized spacial score (nSPS) is 11.6. The summed E-state index contributed by atoms with van der Waals surface area (Å²) < 4.78 is 0. The Labute approximate surface area is 65.7 Å². The molecule has 0 radical (unpaired) electrons. The van der Waals surface area contributed by atoms with E-state index >= 15 is 0 Å². The Balaban J connectivity index is 2.70. The summed E-state index contributed by atoms with van der Waals surface area (Å²) >= 11 is 0. The van der Waals surface area contributed by atoms with Gasteiger partial charge in [0.1, 0.15) is 0 Å². The summed E-state index contributed by atoms with van der Waals surface area (Å²) in [7, 11) is 0. The summed E-state index contributed by atoms with van der Waals surface area (Å²) in [5.41, 5.74) is 1.07. The molecule has 1 N–H and O–H groups in total. The maximum Gasteiger partial charge on any atom is 0.177 e. The minimum Gasteiger partial charge on any atom is -0.317 e. The lowest BCUT2D eigenvalue weighted by molar-refractivity contribution is 0.696. The summed E-state index contributed by atoms with van der Waals surface area (Å²) in [6, 6.07) is 3.84. The van der Waals surface area contributed by atoms with Crippen LogP contribution in [-0.4, -0.2) is 4.98 Å². The maximum atomic E-state index is 8.32. The monoisotopic (exact) mass is 147 g/mol. The topological polar surface area (TPSA) is 48.7 Å². The lowest BCUT2D eigenvalue weighted by Gasteiger charge is -2.07. The van der Waals surface area contributed by atoms with Crippen LogP contribution >= 0.6 is 0 Å². The summed E-state index contributed by atoms with van der Waals surface area (Å²) in [5, 5.41) is 11.0. The van der Waals surface area contributed by atoms with Crippen LogP contribution in [0.3, 0.4) is 0 Å². The second-order valence-corrected chi connectivity index (χ2v) is 2.26. The van der Waals surface area contributed by atoms with Gasteiger partial charge in [0.2, 0.25) is 0 Å². The van der Waals surface area contributed by atoms with E-state index in [1.807, 2.05) is 25.2 Å². The molecule has 3 heteroatoms. The van der Waals surface area contributed by atoms with Gasteiger partial charge in [-0.15, -0.1) is 0 Å². The van der Waals surface area contributed by atoms with Crippen molar-refractivity contribution in [2.75, 3.05) is 0 Å². The SMILES string of the molecule is C[C@@H](NC#N)c1ccncc1. The fourth-order valence-electron chi connectivity index (χ4n) is 0.832. The third-order valence-electron chi connectivity index (χ3n) is 1.49. The minimum absolute atomic E-state index is 0.0722. The van der Waals surface area contributed by atoms with E-state index in [1.165, 1.54) is 0 Å². The number of rotatable bonds is 2. The van der Waals surface area contributed by atoms with E-state index in [4.69, 9.17) is 5.26 Å². The Morgan fingerprint density at radius 2 is 2.18 bits per heavy atom. The molecule has 56 valence electrons. The van der Waals surface area contributed by atoms with E-state index in [9.17, 15) is 0 Å². The predicted molar refractivity (Wildman–Crippen MR) is 41.4 cm³/mol. The fraction of sp³-hybridized carbons (Fsp3) is 0.250. The van der Waals surface area contributed by atoms with Crippen molar-refractivity contribution in [1.82, 2.24) is 10.3 Å². The van der Waals surface area contributed by atoms with E-state index < -0.39 is 0 Å². The third kappa shape index (κ3) is 1.94. The van der Waals surface area contributed by atoms with Gasteiger partial charge in [0.25, 0.3) is 0 Å². The van der Waals surface area contributed by atoms with Crippen LogP contribution in [0.4, 0.5) is 0 Å². The average molecular weight is 147 g/mol. The van der Waals surface area contributed by atoms with Gasteiger partial charge in [-0.1, -0.05) is 0 Å². The van der Waals surface area contributed by atoms with Crippen LogP contribution in [0, 0.1) is 11.5 Å². The Morgan fingerprint density at radius 3 is 2.73 bits per heavy atom. The zero-order chi connectivity index (χ0) is 8.10. The summed E-state index contributed by atoms with van der Waals surface area (Å²) in [5.74, 6) is 0. The number of nitrogens with one attached hydrogen (secondary N) is 1. The van der Waals surface area contributed by atoms with Gasteiger partial charge in [-0.25, -0.2) is 0 Å². The predicted octanol–water partition coefficient (Wildman–Crippen LogP) is 1.21. The van der Waals surface area contributed by atoms with E-state index in [1.54, 1.807) is 12.4 Å². The molecule has 0 unspecified atom stereocenters. The molecular formula is C8H9N3. The molecule has 0 aliphatic heterocycles. The lowest BCUT2D eigenvalue weighted by Crippen LogP contribution is -2.11. The number of nitriles is 1. The first-order valence-electron chi connectivity index (χ1n) is 3.39. The van der Waals surface area contributed by atoms with Crippen molar-refractivity contribution >= 4 is 0 Å². The van der Waals surface area contributed by atoms with E-state index in [0.717, 1.165) is 5.56 Å². The quantitative estimate of drug-likeness (QED) is 0.505. The summed E-state index contributed by atoms with van der Waals surface area (Å²) in [4.78, 5) is 3.88.